The summed E-state index contributed by atoms with van der Waals surface area (Å²) in [6, 6.07) is 6.34. The lowest BCUT2D eigenvalue weighted by Crippen LogP contribution is -2.33. The fourth-order valence-electron chi connectivity index (χ4n) is 4.84. The summed E-state index contributed by atoms with van der Waals surface area (Å²) in [4.78, 5) is 25.8. The normalized spacial score (nSPS) is 17.5. The molecule has 4 nitrogen and oxygen atoms in total. The number of benzene rings is 1. The molecular weight excluding hydrogens is 390 g/mol. The van der Waals surface area contributed by atoms with Crippen molar-refractivity contribution in [2.24, 2.45) is 0 Å². The number of ketones is 1. The SMILES string of the molecule is Cc1c(C(C)(C)C)ccnc1CSc1nc2cc3c(cc2[nH]1)C(C)(C)C(=O)C3(C)C. The first-order valence-electron chi connectivity index (χ1n) is 10.5. The van der Waals surface area contributed by atoms with Crippen LogP contribution in [-0.2, 0) is 26.8 Å². The van der Waals surface area contributed by atoms with Crippen LogP contribution in [-0.4, -0.2) is 20.7 Å². The number of aromatic nitrogens is 3. The number of H-pyrrole nitrogens is 1. The number of imidazole rings is 1. The quantitative estimate of drug-likeness (QED) is 0.527. The van der Waals surface area contributed by atoms with Gasteiger partial charge in [-0.15, -0.1) is 0 Å². The Hall–Kier alpha value is -2.14. The topological polar surface area (TPSA) is 58.6 Å². The van der Waals surface area contributed by atoms with E-state index in [1.54, 1.807) is 11.8 Å². The average Bonchev–Trinajstić information content (AvgIpc) is 3.11. The Labute approximate surface area is 183 Å². The second-order valence-corrected chi connectivity index (χ2v) is 11.5. The van der Waals surface area contributed by atoms with Crippen molar-refractivity contribution < 1.29 is 4.79 Å². The van der Waals surface area contributed by atoms with Gasteiger partial charge in [-0.2, -0.15) is 0 Å². The van der Waals surface area contributed by atoms with Crippen LogP contribution >= 0.6 is 11.8 Å². The van der Waals surface area contributed by atoms with Crippen LogP contribution in [0.15, 0.2) is 29.6 Å². The molecule has 0 spiro atoms. The molecule has 0 atom stereocenters. The van der Waals surface area contributed by atoms with E-state index in [0.717, 1.165) is 38.8 Å². The van der Waals surface area contributed by atoms with Crippen molar-refractivity contribution in [3.8, 4) is 0 Å². The van der Waals surface area contributed by atoms with E-state index in [1.807, 2.05) is 33.9 Å². The number of thioether (sulfide) groups is 1. The van der Waals surface area contributed by atoms with E-state index >= 15 is 0 Å². The van der Waals surface area contributed by atoms with Crippen molar-refractivity contribution in [3.63, 3.8) is 0 Å². The number of fused-ring (bicyclic) bond motifs is 2. The minimum absolute atomic E-state index is 0.101. The van der Waals surface area contributed by atoms with Gasteiger partial charge in [0, 0.05) is 22.8 Å². The molecule has 0 fully saturated rings. The highest BCUT2D eigenvalue weighted by atomic mass is 32.2. The van der Waals surface area contributed by atoms with Crippen molar-refractivity contribution >= 4 is 28.6 Å². The molecule has 0 amide bonds. The minimum atomic E-state index is -0.478. The van der Waals surface area contributed by atoms with Gasteiger partial charge < -0.3 is 4.98 Å². The second-order valence-electron chi connectivity index (χ2n) is 10.5. The molecule has 0 bridgehead atoms. The van der Waals surface area contributed by atoms with Gasteiger partial charge in [0.25, 0.3) is 0 Å². The molecule has 0 unspecified atom stereocenters. The maximum Gasteiger partial charge on any atom is 0.166 e. The van der Waals surface area contributed by atoms with E-state index in [4.69, 9.17) is 4.98 Å². The van der Waals surface area contributed by atoms with Crippen LogP contribution in [0.5, 0.6) is 0 Å². The Kier molecular flexibility index (Phi) is 4.70. The number of carbonyl (C=O) groups is 1. The maximum absolute atomic E-state index is 12.9. The van der Waals surface area contributed by atoms with E-state index in [0.29, 0.717) is 0 Å². The van der Waals surface area contributed by atoms with Gasteiger partial charge in [-0.05, 0) is 80.5 Å². The van der Waals surface area contributed by atoms with Gasteiger partial charge in [0.05, 0.1) is 16.7 Å². The monoisotopic (exact) mass is 421 g/mol. The fraction of sp³-hybridized carbons (Fsp3) is 0.480. The van der Waals surface area contributed by atoms with Crippen molar-refractivity contribution in [1.29, 1.82) is 0 Å². The number of pyridine rings is 1. The molecule has 0 radical (unpaired) electrons. The Morgan fingerprint density at radius 1 is 1.07 bits per heavy atom. The summed E-state index contributed by atoms with van der Waals surface area (Å²) in [5, 5.41) is 0.887. The van der Waals surface area contributed by atoms with Crippen molar-refractivity contribution in [2.75, 3.05) is 0 Å². The van der Waals surface area contributed by atoms with Crippen LogP contribution in [0.3, 0.4) is 0 Å². The molecule has 0 saturated heterocycles. The van der Waals surface area contributed by atoms with E-state index < -0.39 is 10.8 Å². The number of hydrogen-bond acceptors (Lipinski definition) is 4. The Bertz CT molecular complexity index is 1110. The van der Waals surface area contributed by atoms with Gasteiger partial charge in [-0.1, -0.05) is 32.5 Å². The van der Waals surface area contributed by atoms with Gasteiger partial charge >= 0.3 is 0 Å². The summed E-state index contributed by atoms with van der Waals surface area (Å²) < 4.78 is 0. The van der Waals surface area contributed by atoms with Crippen molar-refractivity contribution in [2.45, 2.75) is 82.5 Å². The second kappa shape index (κ2) is 6.68. The lowest BCUT2D eigenvalue weighted by Gasteiger charge is -2.22. The summed E-state index contributed by atoms with van der Waals surface area (Å²) in [5.74, 6) is 1.04. The van der Waals surface area contributed by atoms with E-state index in [9.17, 15) is 4.79 Å². The number of nitrogens with zero attached hydrogens (tertiary/aromatic N) is 2. The first kappa shape index (κ1) is 21.1. The highest BCUT2D eigenvalue weighted by Crippen LogP contribution is 2.47. The van der Waals surface area contributed by atoms with Crippen LogP contribution < -0.4 is 0 Å². The summed E-state index contributed by atoms with van der Waals surface area (Å²) in [6.45, 7) is 17.0. The van der Waals surface area contributed by atoms with Crippen LogP contribution in [0.4, 0.5) is 0 Å². The van der Waals surface area contributed by atoms with E-state index in [2.05, 4.69) is 55.9 Å². The first-order chi connectivity index (χ1) is 13.8. The zero-order valence-electron chi connectivity index (χ0n) is 19.2. The Morgan fingerprint density at radius 2 is 1.70 bits per heavy atom. The zero-order chi connectivity index (χ0) is 22.1. The molecule has 1 N–H and O–H groups in total. The predicted molar refractivity (Wildman–Crippen MR) is 124 cm³/mol. The zero-order valence-corrected chi connectivity index (χ0v) is 20.0. The van der Waals surface area contributed by atoms with E-state index in [-0.39, 0.29) is 11.2 Å². The molecule has 5 heteroatoms. The van der Waals surface area contributed by atoms with E-state index in [1.165, 1.54) is 11.1 Å². The maximum atomic E-state index is 12.9. The largest absolute Gasteiger partial charge is 0.333 e. The molecule has 1 aliphatic rings. The number of aromatic amines is 1. The number of Topliss-reactive ketones (excluding diaryl/α,β-unsaturated/α-hetero) is 1. The third kappa shape index (κ3) is 3.18. The fourth-order valence-corrected chi connectivity index (χ4v) is 5.75. The molecule has 2 heterocycles. The first-order valence-corrected chi connectivity index (χ1v) is 11.5. The number of hydrogen-bond donors (Lipinski definition) is 1. The smallest absolute Gasteiger partial charge is 0.166 e. The molecule has 30 heavy (non-hydrogen) atoms. The Morgan fingerprint density at radius 3 is 2.33 bits per heavy atom. The summed E-state index contributed by atoms with van der Waals surface area (Å²) in [6.07, 6.45) is 1.91. The van der Waals surface area contributed by atoms with Crippen molar-refractivity contribution in [3.05, 3.63) is 52.3 Å². The molecule has 0 aliphatic heterocycles. The molecule has 1 aliphatic carbocycles. The third-order valence-corrected chi connectivity index (χ3v) is 7.43. The molecular formula is C25H31N3OS. The van der Waals surface area contributed by atoms with Gasteiger partial charge in [0.2, 0.25) is 0 Å². The predicted octanol–water partition coefficient (Wildman–Crippen LogP) is 5.99. The molecule has 1 aromatic carbocycles. The number of carbonyl (C=O) groups excluding carboxylic acids is 1. The van der Waals surface area contributed by atoms with Crippen molar-refractivity contribution in [1.82, 2.24) is 15.0 Å². The van der Waals surface area contributed by atoms with Crippen LogP contribution in [0.2, 0.25) is 0 Å². The molecule has 3 aromatic rings. The molecule has 158 valence electrons. The molecule has 2 aromatic heterocycles. The van der Waals surface area contributed by atoms with Crippen LogP contribution in [0, 0.1) is 6.92 Å². The van der Waals surface area contributed by atoms with Gasteiger partial charge in [-0.25, -0.2) is 4.98 Å². The van der Waals surface area contributed by atoms with Gasteiger partial charge in [-0.3, -0.25) is 9.78 Å². The van der Waals surface area contributed by atoms with Crippen LogP contribution in [0.25, 0.3) is 11.0 Å². The summed E-state index contributed by atoms with van der Waals surface area (Å²) in [7, 11) is 0. The third-order valence-electron chi connectivity index (χ3n) is 6.54. The number of nitrogens with one attached hydrogen (secondary N) is 1. The lowest BCUT2D eigenvalue weighted by atomic mass is 9.80. The average molecular weight is 422 g/mol. The standard InChI is InChI=1S/C25H31N3OS/c1-14-15(23(2,3)4)9-10-26-20(14)13-30-22-27-18-11-16-17(12-19(18)28-22)25(7,8)21(29)24(16,5)6/h9-12H,13H2,1-8H3,(H,27,28). The number of rotatable bonds is 3. The van der Waals surface area contributed by atoms with Gasteiger partial charge in [0.1, 0.15) is 0 Å². The summed E-state index contributed by atoms with van der Waals surface area (Å²) in [5.41, 5.74) is 6.97. The molecule has 0 saturated carbocycles. The van der Waals surface area contributed by atoms with Gasteiger partial charge in [0.15, 0.2) is 10.9 Å². The minimum Gasteiger partial charge on any atom is -0.333 e. The molecule has 4 rings (SSSR count). The lowest BCUT2D eigenvalue weighted by molar-refractivity contribution is -0.126. The highest BCUT2D eigenvalue weighted by molar-refractivity contribution is 7.98. The Balaban J connectivity index is 1.65. The van der Waals surface area contributed by atoms with Crippen LogP contribution in [0.1, 0.15) is 76.4 Å². The highest BCUT2D eigenvalue weighted by Gasteiger charge is 2.50. The summed E-state index contributed by atoms with van der Waals surface area (Å²) >= 11 is 1.67.